The number of carbonyl (C=O) groups excluding carboxylic acids is 2. The van der Waals surface area contributed by atoms with Crippen LogP contribution in [0.3, 0.4) is 0 Å². The topological polar surface area (TPSA) is 76.7 Å². The zero-order chi connectivity index (χ0) is 21.4. The Kier molecular flexibility index (Phi) is 8.07. The van der Waals surface area contributed by atoms with Crippen LogP contribution in [-0.4, -0.2) is 32.1 Å². The van der Waals surface area contributed by atoms with Crippen molar-refractivity contribution in [1.82, 2.24) is 10.6 Å². The lowest BCUT2D eigenvalue weighted by atomic mass is 10.0. The summed E-state index contributed by atoms with van der Waals surface area (Å²) < 4.78 is 10.6. The molecule has 0 aliphatic rings. The number of carbonyl (C=O) groups is 2. The fourth-order valence-electron chi connectivity index (χ4n) is 3.10. The predicted molar refractivity (Wildman–Crippen MR) is 113 cm³/mol. The molecule has 156 valence electrons. The Labute approximate surface area is 172 Å². The number of hydrogen-bond donors (Lipinski definition) is 2. The maximum absolute atomic E-state index is 12.9. The summed E-state index contributed by atoms with van der Waals surface area (Å²) in [6.07, 6.45) is 0.235. The van der Waals surface area contributed by atoms with Crippen molar-refractivity contribution in [2.24, 2.45) is 5.92 Å². The Morgan fingerprint density at radius 1 is 0.931 bits per heavy atom. The molecule has 2 unspecified atom stereocenters. The third kappa shape index (κ3) is 6.24. The van der Waals surface area contributed by atoms with Crippen molar-refractivity contribution in [1.29, 1.82) is 0 Å². The van der Waals surface area contributed by atoms with Crippen LogP contribution in [0.4, 0.5) is 0 Å². The second-order valence-corrected chi connectivity index (χ2v) is 7.29. The van der Waals surface area contributed by atoms with E-state index < -0.39 is 6.04 Å². The van der Waals surface area contributed by atoms with Gasteiger partial charge in [-0.3, -0.25) is 9.59 Å². The molecule has 0 saturated heterocycles. The summed E-state index contributed by atoms with van der Waals surface area (Å²) in [5.74, 6) is 0.843. The van der Waals surface area contributed by atoms with Crippen molar-refractivity contribution in [2.75, 3.05) is 14.2 Å². The highest BCUT2D eigenvalue weighted by molar-refractivity contribution is 5.88. The summed E-state index contributed by atoms with van der Waals surface area (Å²) in [6.45, 7) is 5.70. The van der Waals surface area contributed by atoms with Crippen LogP contribution in [0.2, 0.25) is 0 Å². The van der Waals surface area contributed by atoms with Crippen molar-refractivity contribution in [3.05, 3.63) is 59.7 Å². The van der Waals surface area contributed by atoms with Gasteiger partial charge in [-0.1, -0.05) is 44.2 Å². The van der Waals surface area contributed by atoms with Crippen molar-refractivity contribution in [3.8, 4) is 11.5 Å². The molecule has 0 aliphatic carbocycles. The number of nitrogens with one attached hydrogen (secondary N) is 2. The second kappa shape index (κ2) is 10.5. The Hall–Kier alpha value is -3.02. The van der Waals surface area contributed by atoms with Crippen LogP contribution in [0.1, 0.15) is 37.9 Å². The van der Waals surface area contributed by atoms with Crippen molar-refractivity contribution < 1.29 is 19.1 Å². The molecule has 0 saturated carbocycles. The molecule has 2 N–H and O–H groups in total. The van der Waals surface area contributed by atoms with Gasteiger partial charge in [-0.15, -0.1) is 0 Å². The minimum absolute atomic E-state index is 0.0558. The average Bonchev–Trinajstić information content (AvgIpc) is 2.71. The van der Waals surface area contributed by atoms with Gasteiger partial charge in [0.2, 0.25) is 11.8 Å². The van der Waals surface area contributed by atoms with Crippen LogP contribution in [0.5, 0.6) is 11.5 Å². The first kappa shape index (κ1) is 22.3. The van der Waals surface area contributed by atoms with E-state index >= 15 is 0 Å². The first-order chi connectivity index (χ1) is 13.8. The van der Waals surface area contributed by atoms with E-state index in [4.69, 9.17) is 9.47 Å². The summed E-state index contributed by atoms with van der Waals surface area (Å²) in [5, 5.41) is 5.85. The Morgan fingerprint density at radius 3 is 2.21 bits per heavy atom. The molecule has 0 radical (unpaired) electrons. The number of benzene rings is 2. The third-order valence-corrected chi connectivity index (χ3v) is 4.74. The Bertz CT molecular complexity index is 821. The van der Waals surface area contributed by atoms with E-state index in [1.54, 1.807) is 20.3 Å². The minimum Gasteiger partial charge on any atom is -0.497 e. The predicted octanol–water partition coefficient (Wildman–Crippen LogP) is 3.26. The number of hydrogen-bond acceptors (Lipinski definition) is 4. The fraction of sp³-hybridized carbons (Fsp3) is 0.391. The molecule has 2 amide bonds. The molecule has 2 atom stereocenters. The largest absolute Gasteiger partial charge is 0.497 e. The van der Waals surface area contributed by atoms with E-state index in [1.807, 2.05) is 63.2 Å². The van der Waals surface area contributed by atoms with Gasteiger partial charge in [0.15, 0.2) is 0 Å². The molecule has 29 heavy (non-hydrogen) atoms. The normalized spacial score (nSPS) is 12.8. The van der Waals surface area contributed by atoms with E-state index in [0.29, 0.717) is 11.5 Å². The lowest BCUT2D eigenvalue weighted by Crippen LogP contribution is -2.50. The van der Waals surface area contributed by atoms with Crippen molar-refractivity contribution >= 4 is 11.8 Å². The van der Waals surface area contributed by atoms with Crippen LogP contribution < -0.4 is 20.1 Å². The van der Waals surface area contributed by atoms with Gasteiger partial charge in [-0.25, -0.2) is 0 Å². The maximum atomic E-state index is 12.9. The summed E-state index contributed by atoms with van der Waals surface area (Å²) in [6, 6.07) is 14.0. The van der Waals surface area contributed by atoms with Gasteiger partial charge in [-0.2, -0.15) is 0 Å². The monoisotopic (exact) mass is 398 g/mol. The zero-order valence-corrected chi connectivity index (χ0v) is 17.7. The lowest BCUT2D eigenvalue weighted by Gasteiger charge is -2.25. The average molecular weight is 399 g/mol. The van der Waals surface area contributed by atoms with Crippen LogP contribution in [0, 0.1) is 5.92 Å². The summed E-state index contributed by atoms with van der Waals surface area (Å²) in [4.78, 5) is 25.3. The fourth-order valence-corrected chi connectivity index (χ4v) is 3.10. The molecule has 2 aromatic carbocycles. The molecule has 0 aromatic heterocycles. The van der Waals surface area contributed by atoms with Crippen LogP contribution in [0.15, 0.2) is 48.5 Å². The molecular weight excluding hydrogens is 368 g/mol. The van der Waals surface area contributed by atoms with Gasteiger partial charge in [0.25, 0.3) is 0 Å². The van der Waals surface area contributed by atoms with E-state index in [0.717, 1.165) is 11.1 Å². The Morgan fingerprint density at radius 2 is 1.62 bits per heavy atom. The molecule has 0 spiro atoms. The van der Waals surface area contributed by atoms with E-state index in [2.05, 4.69) is 10.6 Å². The summed E-state index contributed by atoms with van der Waals surface area (Å²) in [7, 11) is 3.17. The first-order valence-electron chi connectivity index (χ1n) is 9.71. The second-order valence-electron chi connectivity index (χ2n) is 7.29. The van der Waals surface area contributed by atoms with E-state index in [-0.39, 0.29) is 30.2 Å². The number of rotatable bonds is 9. The standard InChI is InChI=1S/C23H30N2O4/c1-15(2)22(25-21(26)13-17-9-7-6-8-10-17)23(27)24-16(3)19-12-11-18(28-4)14-20(19)29-5/h6-12,14-16,22H,13H2,1-5H3,(H,24,27)(H,25,26). The molecule has 0 heterocycles. The van der Waals surface area contributed by atoms with Gasteiger partial charge in [0, 0.05) is 11.6 Å². The Balaban J connectivity index is 2.06. The van der Waals surface area contributed by atoms with Gasteiger partial charge >= 0.3 is 0 Å². The number of amides is 2. The molecule has 2 aromatic rings. The lowest BCUT2D eigenvalue weighted by molar-refractivity contribution is -0.130. The maximum Gasteiger partial charge on any atom is 0.243 e. The van der Waals surface area contributed by atoms with Crippen LogP contribution >= 0.6 is 0 Å². The molecule has 6 nitrogen and oxygen atoms in total. The highest BCUT2D eigenvalue weighted by atomic mass is 16.5. The highest BCUT2D eigenvalue weighted by Gasteiger charge is 2.26. The molecule has 0 bridgehead atoms. The molecular formula is C23H30N2O4. The highest BCUT2D eigenvalue weighted by Crippen LogP contribution is 2.29. The van der Waals surface area contributed by atoms with Gasteiger partial charge in [0.05, 0.1) is 26.7 Å². The van der Waals surface area contributed by atoms with Gasteiger partial charge in [-0.05, 0) is 30.5 Å². The van der Waals surface area contributed by atoms with Crippen LogP contribution in [0.25, 0.3) is 0 Å². The van der Waals surface area contributed by atoms with E-state index in [1.165, 1.54) is 0 Å². The molecule has 2 rings (SSSR count). The van der Waals surface area contributed by atoms with Gasteiger partial charge in [0.1, 0.15) is 17.5 Å². The smallest absolute Gasteiger partial charge is 0.243 e. The van der Waals surface area contributed by atoms with Crippen molar-refractivity contribution in [2.45, 2.75) is 39.3 Å². The summed E-state index contributed by atoms with van der Waals surface area (Å²) >= 11 is 0. The molecule has 0 aliphatic heterocycles. The van der Waals surface area contributed by atoms with Crippen LogP contribution in [-0.2, 0) is 16.0 Å². The minimum atomic E-state index is -0.627. The zero-order valence-electron chi connectivity index (χ0n) is 17.7. The quantitative estimate of drug-likeness (QED) is 0.680. The number of methoxy groups -OCH3 is 2. The summed E-state index contributed by atoms with van der Waals surface area (Å²) in [5.41, 5.74) is 1.74. The molecule has 6 heteroatoms. The van der Waals surface area contributed by atoms with Crippen molar-refractivity contribution in [3.63, 3.8) is 0 Å². The SMILES string of the molecule is COc1ccc(C(C)NC(=O)C(NC(=O)Cc2ccccc2)C(C)C)c(OC)c1. The third-order valence-electron chi connectivity index (χ3n) is 4.74. The molecule has 0 fully saturated rings. The van der Waals surface area contributed by atoms with Gasteiger partial charge < -0.3 is 20.1 Å². The van der Waals surface area contributed by atoms with E-state index in [9.17, 15) is 9.59 Å². The first-order valence-corrected chi connectivity index (χ1v) is 9.71. The number of ether oxygens (including phenoxy) is 2.